The molecule has 0 bridgehead atoms. The molecule has 112 valence electrons. The first kappa shape index (κ1) is 15.3. The van der Waals surface area contributed by atoms with Crippen molar-refractivity contribution in [3.63, 3.8) is 0 Å². The summed E-state index contributed by atoms with van der Waals surface area (Å²) in [6, 6.07) is 1.60. The number of aromatic amines is 1. The molecule has 0 aromatic carbocycles. The number of rotatable bonds is 6. The number of H-pyrrole nitrogens is 1. The maximum Gasteiger partial charge on any atom is 0.270 e. The smallest absolute Gasteiger partial charge is 0.270 e. The van der Waals surface area contributed by atoms with Crippen LogP contribution in [0.3, 0.4) is 0 Å². The summed E-state index contributed by atoms with van der Waals surface area (Å²) in [4.78, 5) is 19.0. The van der Waals surface area contributed by atoms with Gasteiger partial charge >= 0.3 is 0 Å². The van der Waals surface area contributed by atoms with Crippen molar-refractivity contribution in [2.75, 3.05) is 52.5 Å². The molecule has 0 radical (unpaired) electrons. The lowest BCUT2D eigenvalue weighted by Crippen LogP contribution is -2.44. The lowest BCUT2D eigenvalue weighted by atomic mass is 10.3. The quantitative estimate of drug-likeness (QED) is 0.800. The van der Waals surface area contributed by atoms with E-state index >= 15 is 0 Å². The molecule has 2 N–H and O–H groups in total. The topological polar surface area (TPSA) is 68.8 Å². The van der Waals surface area contributed by atoms with Crippen LogP contribution in [0.4, 0.5) is 0 Å². The van der Waals surface area contributed by atoms with Crippen LogP contribution in [0, 0.1) is 0 Å². The van der Waals surface area contributed by atoms with Gasteiger partial charge < -0.3 is 19.7 Å². The molecule has 1 saturated heterocycles. The average Bonchev–Trinajstić information content (AvgIpc) is 2.90. The SMILES string of the molecule is O=C(c1cc(Cl)c[nH]1)N(CCO)CCN1CCOCC1. The van der Waals surface area contributed by atoms with Gasteiger partial charge in [-0.15, -0.1) is 0 Å². The fourth-order valence-electron chi connectivity index (χ4n) is 2.18. The monoisotopic (exact) mass is 301 g/mol. The van der Waals surface area contributed by atoms with Gasteiger partial charge in [0.15, 0.2) is 0 Å². The first-order valence-electron chi connectivity index (χ1n) is 6.75. The van der Waals surface area contributed by atoms with Gasteiger partial charge in [-0.25, -0.2) is 0 Å². The third kappa shape index (κ3) is 4.21. The number of nitrogens with one attached hydrogen (secondary N) is 1. The Kier molecular flexibility index (Phi) is 5.85. The Morgan fingerprint density at radius 2 is 2.20 bits per heavy atom. The van der Waals surface area contributed by atoms with Gasteiger partial charge in [0.1, 0.15) is 5.69 Å². The molecule has 1 amide bonds. The zero-order chi connectivity index (χ0) is 14.4. The predicted octanol–water partition coefficient (Wildman–Crippen LogP) is 0.435. The van der Waals surface area contributed by atoms with E-state index in [0.717, 1.165) is 32.8 Å². The molecule has 2 rings (SSSR count). The van der Waals surface area contributed by atoms with E-state index < -0.39 is 0 Å². The number of carbonyl (C=O) groups is 1. The molecule has 1 aromatic heterocycles. The van der Waals surface area contributed by atoms with Gasteiger partial charge in [-0.3, -0.25) is 9.69 Å². The maximum absolute atomic E-state index is 12.3. The second-order valence-corrected chi connectivity index (χ2v) is 5.14. The molecular weight excluding hydrogens is 282 g/mol. The highest BCUT2D eigenvalue weighted by atomic mass is 35.5. The van der Waals surface area contributed by atoms with Crippen molar-refractivity contribution >= 4 is 17.5 Å². The van der Waals surface area contributed by atoms with Gasteiger partial charge in [0.05, 0.1) is 24.8 Å². The highest BCUT2D eigenvalue weighted by molar-refractivity contribution is 6.30. The second-order valence-electron chi connectivity index (χ2n) is 4.70. The van der Waals surface area contributed by atoms with Crippen LogP contribution in [-0.4, -0.2) is 78.3 Å². The number of halogens is 1. The number of morpholine rings is 1. The first-order valence-corrected chi connectivity index (χ1v) is 7.12. The number of ether oxygens (including phenoxy) is 1. The Labute approximate surface area is 123 Å². The lowest BCUT2D eigenvalue weighted by Gasteiger charge is -2.29. The molecule has 0 spiro atoms. The van der Waals surface area contributed by atoms with Crippen molar-refractivity contribution in [3.8, 4) is 0 Å². The van der Waals surface area contributed by atoms with Crippen LogP contribution in [0.15, 0.2) is 12.3 Å². The van der Waals surface area contributed by atoms with Crippen LogP contribution >= 0.6 is 11.6 Å². The van der Waals surface area contributed by atoms with Gasteiger partial charge in [-0.1, -0.05) is 11.6 Å². The highest BCUT2D eigenvalue weighted by Crippen LogP contribution is 2.11. The number of aromatic nitrogens is 1. The van der Waals surface area contributed by atoms with Crippen molar-refractivity contribution in [3.05, 3.63) is 23.0 Å². The number of nitrogens with zero attached hydrogens (tertiary/aromatic N) is 2. The van der Waals surface area contributed by atoms with E-state index in [9.17, 15) is 4.79 Å². The molecule has 1 aromatic rings. The molecular formula is C13H20ClN3O3. The summed E-state index contributed by atoms with van der Waals surface area (Å²) in [5.74, 6) is -0.140. The zero-order valence-electron chi connectivity index (χ0n) is 11.3. The van der Waals surface area contributed by atoms with Gasteiger partial charge in [-0.2, -0.15) is 0 Å². The van der Waals surface area contributed by atoms with E-state index in [-0.39, 0.29) is 12.5 Å². The molecule has 1 aliphatic heterocycles. The molecule has 6 nitrogen and oxygen atoms in total. The van der Waals surface area contributed by atoms with Crippen LogP contribution < -0.4 is 0 Å². The molecule has 0 aliphatic carbocycles. The van der Waals surface area contributed by atoms with Crippen molar-refractivity contribution in [1.82, 2.24) is 14.8 Å². The van der Waals surface area contributed by atoms with Crippen LogP contribution in [0.25, 0.3) is 0 Å². The van der Waals surface area contributed by atoms with Gasteiger partial charge in [-0.05, 0) is 6.07 Å². The Bertz CT molecular complexity index is 432. The minimum Gasteiger partial charge on any atom is -0.395 e. The number of hydrogen-bond donors (Lipinski definition) is 2. The van der Waals surface area contributed by atoms with E-state index in [4.69, 9.17) is 21.4 Å². The van der Waals surface area contributed by atoms with E-state index in [2.05, 4.69) is 9.88 Å². The third-order valence-corrected chi connectivity index (χ3v) is 3.54. The van der Waals surface area contributed by atoms with Crippen LogP contribution in [0.1, 0.15) is 10.5 Å². The van der Waals surface area contributed by atoms with Gasteiger partial charge in [0.25, 0.3) is 5.91 Å². The Morgan fingerprint density at radius 1 is 1.45 bits per heavy atom. The van der Waals surface area contributed by atoms with Crippen molar-refractivity contribution in [1.29, 1.82) is 0 Å². The van der Waals surface area contributed by atoms with Crippen molar-refractivity contribution in [2.24, 2.45) is 0 Å². The number of amides is 1. The highest BCUT2D eigenvalue weighted by Gasteiger charge is 2.18. The van der Waals surface area contributed by atoms with Gasteiger partial charge in [0, 0.05) is 38.9 Å². The van der Waals surface area contributed by atoms with E-state index in [1.54, 1.807) is 17.2 Å². The van der Waals surface area contributed by atoms with E-state index in [1.165, 1.54) is 0 Å². The van der Waals surface area contributed by atoms with Crippen LogP contribution in [0.2, 0.25) is 5.02 Å². The van der Waals surface area contributed by atoms with Gasteiger partial charge in [0.2, 0.25) is 0 Å². The molecule has 1 fully saturated rings. The van der Waals surface area contributed by atoms with E-state index in [0.29, 0.717) is 23.8 Å². The standard InChI is InChI=1S/C13H20ClN3O3/c14-11-9-12(15-10-11)13(19)17(3-6-18)2-1-16-4-7-20-8-5-16/h9-10,15,18H,1-8H2. The zero-order valence-corrected chi connectivity index (χ0v) is 12.1. The number of aliphatic hydroxyl groups excluding tert-OH is 1. The predicted molar refractivity (Wildman–Crippen MR) is 76.1 cm³/mol. The Balaban J connectivity index is 1.90. The normalized spacial score (nSPS) is 16.3. The summed E-state index contributed by atoms with van der Waals surface area (Å²) >= 11 is 5.81. The number of carbonyl (C=O) groups excluding carboxylic acids is 1. The summed E-state index contributed by atoms with van der Waals surface area (Å²) in [7, 11) is 0. The lowest BCUT2D eigenvalue weighted by molar-refractivity contribution is 0.0314. The minimum atomic E-state index is -0.140. The van der Waals surface area contributed by atoms with E-state index in [1.807, 2.05) is 0 Å². The molecule has 0 atom stereocenters. The molecule has 0 saturated carbocycles. The summed E-state index contributed by atoms with van der Waals surface area (Å²) in [6.07, 6.45) is 1.58. The summed E-state index contributed by atoms with van der Waals surface area (Å²) in [6.45, 7) is 4.87. The largest absolute Gasteiger partial charge is 0.395 e. The third-order valence-electron chi connectivity index (χ3n) is 3.33. The number of hydrogen-bond acceptors (Lipinski definition) is 4. The summed E-state index contributed by atoms with van der Waals surface area (Å²) in [5, 5.41) is 9.62. The maximum atomic E-state index is 12.3. The number of aliphatic hydroxyl groups is 1. The fraction of sp³-hybridized carbons (Fsp3) is 0.615. The summed E-state index contributed by atoms with van der Waals surface area (Å²) in [5.41, 5.74) is 0.449. The molecule has 2 heterocycles. The Hall–Kier alpha value is -1.08. The molecule has 1 aliphatic rings. The molecule has 20 heavy (non-hydrogen) atoms. The molecule has 7 heteroatoms. The van der Waals surface area contributed by atoms with Crippen LogP contribution in [0.5, 0.6) is 0 Å². The minimum absolute atomic E-state index is 0.0523. The van der Waals surface area contributed by atoms with Crippen LogP contribution in [-0.2, 0) is 4.74 Å². The fourth-order valence-corrected chi connectivity index (χ4v) is 2.35. The Morgan fingerprint density at radius 3 is 2.80 bits per heavy atom. The second kappa shape index (κ2) is 7.64. The average molecular weight is 302 g/mol. The van der Waals surface area contributed by atoms with Crippen molar-refractivity contribution < 1.29 is 14.6 Å². The van der Waals surface area contributed by atoms with Crippen molar-refractivity contribution in [2.45, 2.75) is 0 Å². The summed E-state index contributed by atoms with van der Waals surface area (Å²) < 4.78 is 5.29. The first-order chi connectivity index (χ1) is 9.70. The molecule has 0 unspecified atom stereocenters.